The zero-order valence-corrected chi connectivity index (χ0v) is 17.4. The molecule has 1 aromatic carbocycles. The van der Waals surface area contributed by atoms with Gasteiger partial charge in [0.1, 0.15) is 5.82 Å². The summed E-state index contributed by atoms with van der Waals surface area (Å²) in [7, 11) is 0. The van der Waals surface area contributed by atoms with Gasteiger partial charge >= 0.3 is 0 Å². The van der Waals surface area contributed by atoms with Crippen molar-refractivity contribution in [2.75, 3.05) is 36.5 Å². The standard InChI is InChI=1S/C24H32N4O/c1-16(24-13-17-10-18(14-24)12-19(11-17)15-24)25-22-20-4-2-3-5-21(20)26-23(27-22)28-6-8-29-9-7-28/h2-5,16-19H,6-15H2,1H3,(H,25,26,27)/t16-,17?,18?,19?,24?/m1/s1. The topological polar surface area (TPSA) is 50.3 Å². The molecule has 5 nitrogen and oxygen atoms in total. The number of benzene rings is 1. The fourth-order valence-electron chi connectivity index (χ4n) is 7.15. The summed E-state index contributed by atoms with van der Waals surface area (Å²) in [6, 6.07) is 8.90. The van der Waals surface area contributed by atoms with Crippen molar-refractivity contribution in [2.24, 2.45) is 23.2 Å². The minimum Gasteiger partial charge on any atom is -0.378 e. The van der Waals surface area contributed by atoms with E-state index in [4.69, 9.17) is 14.7 Å². The average molecular weight is 393 g/mol. The van der Waals surface area contributed by atoms with E-state index in [1.165, 1.54) is 38.5 Å². The van der Waals surface area contributed by atoms with Crippen LogP contribution >= 0.6 is 0 Å². The van der Waals surface area contributed by atoms with Gasteiger partial charge < -0.3 is 15.0 Å². The number of para-hydroxylation sites is 1. The summed E-state index contributed by atoms with van der Waals surface area (Å²) in [5.41, 5.74) is 1.49. The van der Waals surface area contributed by atoms with Gasteiger partial charge in [0.15, 0.2) is 0 Å². The predicted molar refractivity (Wildman–Crippen MR) is 116 cm³/mol. The second-order valence-electron chi connectivity index (χ2n) is 10.1. The van der Waals surface area contributed by atoms with Gasteiger partial charge in [-0.25, -0.2) is 4.98 Å². The van der Waals surface area contributed by atoms with Crippen LogP contribution in [-0.2, 0) is 4.74 Å². The lowest BCUT2D eigenvalue weighted by molar-refractivity contribution is -0.0602. The molecule has 0 unspecified atom stereocenters. The molecule has 154 valence electrons. The highest BCUT2D eigenvalue weighted by molar-refractivity contribution is 5.90. The Morgan fingerprint density at radius 2 is 1.66 bits per heavy atom. The SMILES string of the molecule is C[C@@H](Nc1nc(N2CCOCC2)nc2ccccc12)C12CC3CC(CC(C3)C1)C2. The van der Waals surface area contributed by atoms with E-state index < -0.39 is 0 Å². The zero-order chi connectivity index (χ0) is 19.4. The van der Waals surface area contributed by atoms with Crippen LogP contribution in [0, 0.1) is 23.2 Å². The Morgan fingerprint density at radius 1 is 1.00 bits per heavy atom. The molecule has 1 aromatic heterocycles. The number of morpholine rings is 1. The van der Waals surface area contributed by atoms with Gasteiger partial charge in [0.05, 0.1) is 18.7 Å². The van der Waals surface area contributed by atoms with Gasteiger partial charge in [-0.3, -0.25) is 0 Å². The number of anilines is 2. The molecule has 1 saturated heterocycles. The maximum Gasteiger partial charge on any atom is 0.228 e. The van der Waals surface area contributed by atoms with Crippen LogP contribution < -0.4 is 10.2 Å². The molecule has 4 bridgehead atoms. The Morgan fingerprint density at radius 3 is 2.34 bits per heavy atom. The van der Waals surface area contributed by atoms with Crippen molar-refractivity contribution < 1.29 is 4.74 Å². The van der Waals surface area contributed by atoms with Crippen LogP contribution in [0.25, 0.3) is 10.9 Å². The maximum atomic E-state index is 5.53. The van der Waals surface area contributed by atoms with E-state index in [0.717, 1.165) is 66.7 Å². The second kappa shape index (κ2) is 6.83. The third-order valence-electron chi connectivity index (χ3n) is 8.24. The fourth-order valence-corrected chi connectivity index (χ4v) is 7.15. The molecule has 5 heteroatoms. The highest BCUT2D eigenvalue weighted by Gasteiger charge is 2.53. The van der Waals surface area contributed by atoms with Crippen molar-refractivity contribution >= 4 is 22.7 Å². The lowest BCUT2D eigenvalue weighted by Gasteiger charge is -2.59. The summed E-state index contributed by atoms with van der Waals surface area (Å²) < 4.78 is 5.53. The quantitative estimate of drug-likeness (QED) is 0.831. The third kappa shape index (κ3) is 3.09. The molecule has 0 radical (unpaired) electrons. The van der Waals surface area contributed by atoms with Crippen LogP contribution in [0.3, 0.4) is 0 Å². The van der Waals surface area contributed by atoms with E-state index in [2.05, 4.69) is 41.4 Å². The van der Waals surface area contributed by atoms with Crippen LogP contribution in [0.1, 0.15) is 45.4 Å². The third-order valence-corrected chi connectivity index (χ3v) is 8.24. The lowest BCUT2D eigenvalue weighted by Crippen LogP contribution is -2.53. The molecule has 5 aliphatic rings. The molecule has 1 aliphatic heterocycles. The van der Waals surface area contributed by atoms with Gasteiger partial charge in [-0.15, -0.1) is 0 Å². The van der Waals surface area contributed by atoms with Gasteiger partial charge in [-0.2, -0.15) is 4.98 Å². The van der Waals surface area contributed by atoms with Crippen LogP contribution in [0.2, 0.25) is 0 Å². The molecule has 4 aliphatic carbocycles. The molecular weight excluding hydrogens is 360 g/mol. The molecule has 1 atom stereocenters. The first-order valence-corrected chi connectivity index (χ1v) is 11.5. The minimum absolute atomic E-state index is 0.451. The second-order valence-corrected chi connectivity index (χ2v) is 10.1. The Hall–Kier alpha value is -1.88. The fraction of sp³-hybridized carbons (Fsp3) is 0.667. The van der Waals surface area contributed by atoms with Crippen molar-refractivity contribution in [3.8, 4) is 0 Å². The van der Waals surface area contributed by atoms with Crippen molar-refractivity contribution in [3.63, 3.8) is 0 Å². The molecule has 1 N–H and O–H groups in total. The molecule has 4 saturated carbocycles. The molecule has 0 spiro atoms. The van der Waals surface area contributed by atoms with Gasteiger partial charge in [0.2, 0.25) is 5.95 Å². The molecular formula is C24H32N4O. The number of aromatic nitrogens is 2. The number of ether oxygens (including phenoxy) is 1. The number of hydrogen-bond donors (Lipinski definition) is 1. The van der Waals surface area contributed by atoms with E-state index >= 15 is 0 Å². The van der Waals surface area contributed by atoms with E-state index in [1.54, 1.807) is 0 Å². The lowest BCUT2D eigenvalue weighted by atomic mass is 9.48. The number of hydrogen-bond acceptors (Lipinski definition) is 5. The van der Waals surface area contributed by atoms with E-state index in [0.29, 0.717) is 11.5 Å². The van der Waals surface area contributed by atoms with Crippen molar-refractivity contribution in [3.05, 3.63) is 24.3 Å². The predicted octanol–water partition coefficient (Wildman–Crippen LogP) is 4.48. The molecule has 2 heterocycles. The summed E-state index contributed by atoms with van der Waals surface area (Å²) in [6.07, 6.45) is 8.70. The van der Waals surface area contributed by atoms with E-state index in [-0.39, 0.29) is 0 Å². The summed E-state index contributed by atoms with van der Waals surface area (Å²) in [4.78, 5) is 12.2. The summed E-state index contributed by atoms with van der Waals surface area (Å²) in [6.45, 7) is 5.65. The Balaban J connectivity index is 1.33. The normalized spacial score (nSPS) is 34.5. The van der Waals surface area contributed by atoms with E-state index in [1.807, 2.05) is 0 Å². The largest absolute Gasteiger partial charge is 0.378 e. The monoisotopic (exact) mass is 392 g/mol. The van der Waals surface area contributed by atoms with Crippen molar-refractivity contribution in [1.29, 1.82) is 0 Å². The molecule has 5 fully saturated rings. The first kappa shape index (κ1) is 17.9. The molecule has 0 amide bonds. The molecule has 2 aromatic rings. The van der Waals surface area contributed by atoms with Gasteiger partial charge in [-0.05, 0) is 80.8 Å². The van der Waals surface area contributed by atoms with Crippen LogP contribution in [0.15, 0.2) is 24.3 Å². The van der Waals surface area contributed by atoms with E-state index in [9.17, 15) is 0 Å². The summed E-state index contributed by atoms with van der Waals surface area (Å²) in [5.74, 6) is 4.76. The van der Waals surface area contributed by atoms with Crippen LogP contribution in [0.5, 0.6) is 0 Å². The van der Waals surface area contributed by atoms with Crippen molar-refractivity contribution in [1.82, 2.24) is 9.97 Å². The smallest absolute Gasteiger partial charge is 0.228 e. The Bertz CT molecular complexity index is 872. The average Bonchev–Trinajstić information content (AvgIpc) is 2.73. The number of rotatable bonds is 4. The van der Waals surface area contributed by atoms with Crippen LogP contribution in [-0.4, -0.2) is 42.3 Å². The highest BCUT2D eigenvalue weighted by atomic mass is 16.5. The Kier molecular flexibility index (Phi) is 4.22. The first-order chi connectivity index (χ1) is 14.2. The number of nitrogens with one attached hydrogen (secondary N) is 1. The first-order valence-electron chi connectivity index (χ1n) is 11.5. The number of fused-ring (bicyclic) bond motifs is 1. The van der Waals surface area contributed by atoms with Gasteiger partial charge in [0, 0.05) is 24.5 Å². The summed E-state index contributed by atoms with van der Waals surface area (Å²) in [5, 5.41) is 5.05. The highest BCUT2D eigenvalue weighted by Crippen LogP contribution is 2.61. The van der Waals surface area contributed by atoms with Gasteiger partial charge in [0.25, 0.3) is 0 Å². The van der Waals surface area contributed by atoms with Gasteiger partial charge in [-0.1, -0.05) is 12.1 Å². The van der Waals surface area contributed by atoms with Crippen LogP contribution in [0.4, 0.5) is 11.8 Å². The molecule has 7 rings (SSSR count). The number of nitrogens with zero attached hydrogens (tertiary/aromatic N) is 3. The maximum absolute atomic E-state index is 5.53. The minimum atomic E-state index is 0.451. The summed E-state index contributed by atoms with van der Waals surface area (Å²) >= 11 is 0. The molecule has 29 heavy (non-hydrogen) atoms. The zero-order valence-electron chi connectivity index (χ0n) is 17.4. The van der Waals surface area contributed by atoms with Crippen molar-refractivity contribution in [2.45, 2.75) is 51.5 Å². The Labute approximate surface area is 173 Å².